The zero-order valence-electron chi connectivity index (χ0n) is 18.5. The van der Waals surface area contributed by atoms with Gasteiger partial charge in [0.1, 0.15) is 12.1 Å². The number of para-hydroxylation sites is 1. The SMILES string of the molecule is NC(=O)N1c2ccccc2[C@@H](OC(=O)[C@H]2CCCN2Cc2ccccc2)CC2C=CC=CC21. The Morgan fingerprint density at radius 2 is 1.76 bits per heavy atom. The van der Waals surface area contributed by atoms with E-state index in [1.807, 2.05) is 60.7 Å². The fraction of sp³-hybridized carbons (Fsp3) is 0.333. The molecule has 0 aromatic heterocycles. The highest BCUT2D eigenvalue weighted by Crippen LogP contribution is 2.42. The number of carbonyl (C=O) groups is 2. The number of amides is 2. The highest BCUT2D eigenvalue weighted by atomic mass is 16.5. The fourth-order valence-corrected chi connectivity index (χ4v) is 5.35. The minimum Gasteiger partial charge on any atom is -0.456 e. The molecule has 2 aromatic carbocycles. The lowest BCUT2D eigenvalue weighted by molar-refractivity contribution is -0.155. The van der Waals surface area contributed by atoms with Crippen molar-refractivity contribution in [2.45, 2.75) is 44.0 Å². The molecule has 2 heterocycles. The van der Waals surface area contributed by atoms with Crippen molar-refractivity contribution in [3.63, 3.8) is 0 Å². The second-order valence-corrected chi connectivity index (χ2v) is 8.97. The quantitative estimate of drug-likeness (QED) is 0.714. The Labute approximate surface area is 194 Å². The number of primary amides is 1. The molecule has 2 aromatic rings. The number of carbonyl (C=O) groups excluding carboxylic acids is 2. The fourth-order valence-electron chi connectivity index (χ4n) is 5.35. The highest BCUT2D eigenvalue weighted by Gasteiger charge is 2.40. The van der Waals surface area contributed by atoms with E-state index in [0.717, 1.165) is 31.5 Å². The topological polar surface area (TPSA) is 75.9 Å². The van der Waals surface area contributed by atoms with Gasteiger partial charge in [-0.2, -0.15) is 0 Å². The molecule has 1 aliphatic carbocycles. The molecule has 5 rings (SSSR count). The van der Waals surface area contributed by atoms with Crippen LogP contribution in [0.5, 0.6) is 0 Å². The molecule has 6 heteroatoms. The normalized spacial score (nSPS) is 26.4. The van der Waals surface area contributed by atoms with Crippen LogP contribution in [0.2, 0.25) is 0 Å². The van der Waals surface area contributed by atoms with Gasteiger partial charge in [-0.25, -0.2) is 4.79 Å². The molecule has 0 bridgehead atoms. The van der Waals surface area contributed by atoms with Crippen LogP contribution in [0.3, 0.4) is 0 Å². The van der Waals surface area contributed by atoms with Crippen LogP contribution in [0, 0.1) is 5.92 Å². The second-order valence-electron chi connectivity index (χ2n) is 8.97. The lowest BCUT2D eigenvalue weighted by Crippen LogP contribution is -2.46. The molecule has 2 aliphatic heterocycles. The van der Waals surface area contributed by atoms with E-state index in [2.05, 4.69) is 23.1 Å². The number of allylic oxidation sites excluding steroid dienone is 2. The van der Waals surface area contributed by atoms with Crippen molar-refractivity contribution in [3.05, 3.63) is 90.0 Å². The Morgan fingerprint density at radius 1 is 1.00 bits per heavy atom. The summed E-state index contributed by atoms with van der Waals surface area (Å²) in [6.45, 7) is 1.61. The molecule has 4 atom stereocenters. The van der Waals surface area contributed by atoms with Crippen molar-refractivity contribution in [2.24, 2.45) is 11.7 Å². The predicted molar refractivity (Wildman–Crippen MR) is 127 cm³/mol. The van der Waals surface area contributed by atoms with Gasteiger partial charge >= 0.3 is 12.0 Å². The van der Waals surface area contributed by atoms with E-state index in [4.69, 9.17) is 10.5 Å². The summed E-state index contributed by atoms with van der Waals surface area (Å²) in [6.07, 6.45) is 9.91. The molecule has 2 amide bonds. The molecule has 33 heavy (non-hydrogen) atoms. The lowest BCUT2D eigenvalue weighted by Gasteiger charge is -2.32. The first-order valence-corrected chi connectivity index (χ1v) is 11.6. The van der Waals surface area contributed by atoms with E-state index >= 15 is 0 Å². The number of anilines is 1. The number of hydrogen-bond acceptors (Lipinski definition) is 4. The van der Waals surface area contributed by atoms with Crippen molar-refractivity contribution >= 4 is 17.7 Å². The molecule has 170 valence electrons. The third-order valence-corrected chi connectivity index (χ3v) is 6.90. The van der Waals surface area contributed by atoms with Crippen LogP contribution in [-0.2, 0) is 16.1 Å². The standard InChI is InChI=1S/C27H29N3O3/c28-27(32)30-22-13-6-4-11-20(22)17-25(21-12-5-7-14-23(21)30)33-26(31)24-15-8-16-29(24)18-19-9-2-1-3-10-19/h1-7,9-14,20,22,24-25H,8,15-18H2,(H2,28,32)/t20?,22?,24-,25+/m1/s1. The Balaban J connectivity index is 1.40. The number of hydrogen-bond donors (Lipinski definition) is 1. The van der Waals surface area contributed by atoms with Gasteiger partial charge in [-0.3, -0.25) is 14.6 Å². The molecule has 2 unspecified atom stereocenters. The molecule has 0 saturated carbocycles. The number of likely N-dealkylation sites (tertiary alicyclic amines) is 1. The minimum absolute atomic E-state index is 0.0108. The number of urea groups is 1. The zero-order chi connectivity index (χ0) is 22.8. The van der Waals surface area contributed by atoms with E-state index in [1.54, 1.807) is 4.90 Å². The van der Waals surface area contributed by atoms with Crippen molar-refractivity contribution in [1.82, 2.24) is 4.90 Å². The summed E-state index contributed by atoms with van der Waals surface area (Å²) in [5.74, 6) is -0.181. The van der Waals surface area contributed by atoms with E-state index in [1.165, 1.54) is 5.56 Å². The number of ether oxygens (including phenoxy) is 1. The summed E-state index contributed by atoms with van der Waals surface area (Å²) in [4.78, 5) is 29.7. The van der Waals surface area contributed by atoms with Crippen LogP contribution in [-0.4, -0.2) is 35.5 Å². The van der Waals surface area contributed by atoms with Gasteiger partial charge in [-0.15, -0.1) is 0 Å². The molecule has 2 N–H and O–H groups in total. The minimum atomic E-state index is -0.505. The molecular formula is C27H29N3O3. The van der Waals surface area contributed by atoms with E-state index in [0.29, 0.717) is 12.1 Å². The number of nitrogens with zero attached hydrogens (tertiary/aromatic N) is 2. The Kier molecular flexibility index (Phi) is 6.01. The summed E-state index contributed by atoms with van der Waals surface area (Å²) in [7, 11) is 0. The number of benzene rings is 2. The van der Waals surface area contributed by atoms with Gasteiger partial charge in [0, 0.05) is 18.0 Å². The van der Waals surface area contributed by atoms with Gasteiger partial charge in [-0.05, 0) is 37.4 Å². The maximum Gasteiger partial charge on any atom is 0.323 e. The average Bonchev–Trinajstić information content (AvgIpc) is 3.23. The van der Waals surface area contributed by atoms with Crippen LogP contribution in [0.1, 0.15) is 36.5 Å². The largest absolute Gasteiger partial charge is 0.456 e. The van der Waals surface area contributed by atoms with Gasteiger partial charge in [0.2, 0.25) is 0 Å². The average molecular weight is 444 g/mol. The van der Waals surface area contributed by atoms with E-state index < -0.39 is 12.1 Å². The number of fused-ring (bicyclic) bond motifs is 2. The highest BCUT2D eigenvalue weighted by molar-refractivity contribution is 5.93. The van der Waals surface area contributed by atoms with E-state index in [9.17, 15) is 9.59 Å². The summed E-state index contributed by atoms with van der Waals surface area (Å²) in [6, 6.07) is 16.9. The van der Waals surface area contributed by atoms with Gasteiger partial charge in [0.15, 0.2) is 0 Å². The molecule has 0 radical (unpaired) electrons. The van der Waals surface area contributed by atoms with Crippen LogP contribution in [0.25, 0.3) is 0 Å². The molecule has 1 saturated heterocycles. The van der Waals surface area contributed by atoms with Crippen LogP contribution in [0.15, 0.2) is 78.9 Å². The smallest absolute Gasteiger partial charge is 0.323 e. The Morgan fingerprint density at radius 3 is 2.58 bits per heavy atom. The van der Waals surface area contributed by atoms with Crippen LogP contribution < -0.4 is 10.6 Å². The number of nitrogens with two attached hydrogens (primary N) is 1. The summed E-state index contributed by atoms with van der Waals surface area (Å²) in [5, 5.41) is 0. The summed E-state index contributed by atoms with van der Waals surface area (Å²) in [5.41, 5.74) is 8.54. The maximum atomic E-state index is 13.4. The van der Waals surface area contributed by atoms with Crippen LogP contribution in [0.4, 0.5) is 10.5 Å². The predicted octanol–water partition coefficient (Wildman–Crippen LogP) is 4.34. The van der Waals surface area contributed by atoms with Crippen molar-refractivity contribution < 1.29 is 14.3 Å². The molecule has 1 fully saturated rings. The van der Waals surface area contributed by atoms with Crippen molar-refractivity contribution in [1.29, 1.82) is 0 Å². The van der Waals surface area contributed by atoms with Gasteiger partial charge < -0.3 is 10.5 Å². The third-order valence-electron chi connectivity index (χ3n) is 6.90. The van der Waals surface area contributed by atoms with Crippen molar-refractivity contribution in [3.8, 4) is 0 Å². The molecule has 3 aliphatic rings. The number of esters is 1. The summed E-state index contributed by atoms with van der Waals surface area (Å²) < 4.78 is 6.21. The Hall–Kier alpha value is -3.38. The summed E-state index contributed by atoms with van der Waals surface area (Å²) >= 11 is 0. The van der Waals surface area contributed by atoms with Gasteiger partial charge in [0.25, 0.3) is 0 Å². The lowest BCUT2D eigenvalue weighted by atomic mass is 9.89. The second kappa shape index (κ2) is 9.24. The van der Waals surface area contributed by atoms with Gasteiger partial charge in [-0.1, -0.05) is 72.8 Å². The van der Waals surface area contributed by atoms with Gasteiger partial charge in [0.05, 0.1) is 11.7 Å². The van der Waals surface area contributed by atoms with Crippen LogP contribution >= 0.6 is 0 Å². The first-order chi connectivity index (χ1) is 16.1. The molecular weight excluding hydrogens is 414 g/mol. The third kappa shape index (κ3) is 4.31. The monoisotopic (exact) mass is 443 g/mol. The zero-order valence-corrected chi connectivity index (χ0v) is 18.5. The Bertz CT molecular complexity index is 1080. The van der Waals surface area contributed by atoms with Crippen molar-refractivity contribution in [2.75, 3.05) is 11.4 Å². The maximum absolute atomic E-state index is 13.4. The van der Waals surface area contributed by atoms with E-state index in [-0.39, 0.29) is 24.0 Å². The first-order valence-electron chi connectivity index (χ1n) is 11.6. The molecule has 6 nitrogen and oxygen atoms in total. The molecule has 0 spiro atoms. The first kappa shape index (κ1) is 21.5. The number of rotatable bonds is 4.